The molecule has 0 aliphatic carbocycles. The number of benzene rings is 2. The van der Waals surface area contributed by atoms with Crippen LogP contribution in [0.4, 0.5) is 0 Å². The van der Waals surface area contributed by atoms with Crippen LogP contribution in [0.2, 0.25) is 0 Å². The maximum absolute atomic E-state index is 5.81. The second-order valence-electron chi connectivity index (χ2n) is 7.09. The molecule has 4 heteroatoms. The predicted octanol–water partition coefficient (Wildman–Crippen LogP) is 4.23. The van der Waals surface area contributed by atoms with Gasteiger partial charge in [-0.1, -0.05) is 48.5 Å². The minimum absolute atomic E-state index is 0.613. The fraction of sp³-hybridized carbons (Fsp3) is 0.364. The number of aromatic nitrogens is 2. The summed E-state index contributed by atoms with van der Waals surface area (Å²) in [6, 6.07) is 20.8. The van der Waals surface area contributed by atoms with Gasteiger partial charge in [0.05, 0.1) is 0 Å². The summed E-state index contributed by atoms with van der Waals surface area (Å²) in [7, 11) is 0. The largest absolute Gasteiger partial charge is 0.421 e. The van der Waals surface area contributed by atoms with Crippen molar-refractivity contribution >= 4 is 0 Å². The minimum atomic E-state index is 0.613. The van der Waals surface area contributed by atoms with Gasteiger partial charge in [0.25, 0.3) is 0 Å². The molecule has 1 aliphatic heterocycles. The SMILES string of the molecule is c1ccc(CC2CCN(CCc3nnc(-c4ccccc4)o3)CC2)cc1. The summed E-state index contributed by atoms with van der Waals surface area (Å²) < 4.78 is 5.81. The summed E-state index contributed by atoms with van der Waals surface area (Å²) in [5, 5.41) is 8.38. The van der Waals surface area contributed by atoms with Crippen LogP contribution in [0.15, 0.2) is 65.1 Å². The van der Waals surface area contributed by atoms with Crippen molar-refractivity contribution in [3.8, 4) is 11.5 Å². The molecule has 0 bridgehead atoms. The Kier molecular flexibility index (Phi) is 5.41. The second kappa shape index (κ2) is 8.28. The monoisotopic (exact) mass is 347 g/mol. The maximum Gasteiger partial charge on any atom is 0.247 e. The van der Waals surface area contributed by atoms with E-state index in [1.165, 1.54) is 24.8 Å². The van der Waals surface area contributed by atoms with Crippen molar-refractivity contribution < 1.29 is 4.42 Å². The number of hydrogen-bond acceptors (Lipinski definition) is 4. The molecule has 134 valence electrons. The molecule has 0 N–H and O–H groups in total. The summed E-state index contributed by atoms with van der Waals surface area (Å²) in [5.74, 6) is 2.15. The summed E-state index contributed by atoms with van der Waals surface area (Å²) in [6.07, 6.45) is 4.57. The molecule has 1 fully saturated rings. The van der Waals surface area contributed by atoms with Gasteiger partial charge in [-0.15, -0.1) is 10.2 Å². The van der Waals surface area contributed by atoms with E-state index in [4.69, 9.17) is 4.42 Å². The van der Waals surface area contributed by atoms with Crippen LogP contribution in [0.1, 0.15) is 24.3 Å². The zero-order chi connectivity index (χ0) is 17.6. The van der Waals surface area contributed by atoms with E-state index in [9.17, 15) is 0 Å². The van der Waals surface area contributed by atoms with Crippen LogP contribution >= 0.6 is 0 Å². The normalized spacial score (nSPS) is 16.0. The molecule has 0 spiro atoms. The van der Waals surface area contributed by atoms with Crippen molar-refractivity contribution in [3.63, 3.8) is 0 Å². The van der Waals surface area contributed by atoms with E-state index in [1.54, 1.807) is 0 Å². The lowest BCUT2D eigenvalue weighted by molar-refractivity contribution is 0.182. The molecule has 1 aromatic heterocycles. The Morgan fingerprint density at radius 3 is 2.31 bits per heavy atom. The lowest BCUT2D eigenvalue weighted by atomic mass is 9.90. The van der Waals surface area contributed by atoms with Gasteiger partial charge in [0, 0.05) is 18.5 Å². The highest BCUT2D eigenvalue weighted by Gasteiger charge is 2.20. The van der Waals surface area contributed by atoms with Crippen molar-refractivity contribution in [2.45, 2.75) is 25.7 Å². The average molecular weight is 347 g/mol. The minimum Gasteiger partial charge on any atom is -0.421 e. The molecule has 0 saturated carbocycles. The summed E-state index contributed by atoms with van der Waals surface area (Å²) in [4.78, 5) is 2.52. The topological polar surface area (TPSA) is 42.2 Å². The van der Waals surface area contributed by atoms with E-state index in [0.717, 1.165) is 43.4 Å². The lowest BCUT2D eigenvalue weighted by Crippen LogP contribution is -2.35. The van der Waals surface area contributed by atoms with Crippen LogP contribution in [0, 0.1) is 5.92 Å². The highest BCUT2D eigenvalue weighted by atomic mass is 16.4. The molecule has 0 radical (unpaired) electrons. The number of rotatable bonds is 6. The smallest absolute Gasteiger partial charge is 0.247 e. The zero-order valence-corrected chi connectivity index (χ0v) is 15.1. The fourth-order valence-corrected chi connectivity index (χ4v) is 3.67. The average Bonchev–Trinajstić information content (AvgIpc) is 3.18. The molecule has 0 unspecified atom stereocenters. The van der Waals surface area contributed by atoms with Crippen molar-refractivity contribution in [1.29, 1.82) is 0 Å². The van der Waals surface area contributed by atoms with E-state index >= 15 is 0 Å². The first-order chi connectivity index (χ1) is 12.9. The number of likely N-dealkylation sites (tertiary alicyclic amines) is 1. The Morgan fingerprint density at radius 1 is 0.885 bits per heavy atom. The zero-order valence-electron chi connectivity index (χ0n) is 15.1. The van der Waals surface area contributed by atoms with Crippen LogP contribution in [0.25, 0.3) is 11.5 Å². The Labute approximate surface area is 154 Å². The van der Waals surface area contributed by atoms with Gasteiger partial charge in [-0.25, -0.2) is 0 Å². The molecule has 26 heavy (non-hydrogen) atoms. The van der Waals surface area contributed by atoms with Gasteiger partial charge in [-0.2, -0.15) is 0 Å². The second-order valence-corrected chi connectivity index (χ2v) is 7.09. The first kappa shape index (κ1) is 17.0. The first-order valence-corrected chi connectivity index (χ1v) is 9.51. The van der Waals surface area contributed by atoms with Gasteiger partial charge in [-0.3, -0.25) is 0 Å². The third kappa shape index (κ3) is 4.38. The number of nitrogens with zero attached hydrogens (tertiary/aromatic N) is 3. The Morgan fingerprint density at radius 2 is 1.58 bits per heavy atom. The number of piperidine rings is 1. The van der Waals surface area contributed by atoms with Crippen LogP contribution in [0.5, 0.6) is 0 Å². The van der Waals surface area contributed by atoms with Crippen LogP contribution in [0.3, 0.4) is 0 Å². The quantitative estimate of drug-likeness (QED) is 0.669. The molecule has 1 saturated heterocycles. The van der Waals surface area contributed by atoms with Gasteiger partial charge in [-0.05, 0) is 56.0 Å². The summed E-state index contributed by atoms with van der Waals surface area (Å²) >= 11 is 0. The molecule has 0 amide bonds. The van der Waals surface area contributed by atoms with Crippen LogP contribution in [-0.4, -0.2) is 34.7 Å². The third-order valence-corrected chi connectivity index (χ3v) is 5.20. The summed E-state index contributed by atoms with van der Waals surface area (Å²) in [6.45, 7) is 3.32. The third-order valence-electron chi connectivity index (χ3n) is 5.20. The molecule has 2 heterocycles. The van der Waals surface area contributed by atoms with E-state index in [-0.39, 0.29) is 0 Å². The van der Waals surface area contributed by atoms with Gasteiger partial charge in [0.15, 0.2) is 0 Å². The lowest BCUT2D eigenvalue weighted by Gasteiger charge is -2.31. The Hall–Kier alpha value is -2.46. The van der Waals surface area contributed by atoms with Crippen molar-refractivity contribution in [1.82, 2.24) is 15.1 Å². The molecule has 4 nitrogen and oxygen atoms in total. The van der Waals surface area contributed by atoms with Gasteiger partial charge >= 0.3 is 0 Å². The highest BCUT2D eigenvalue weighted by molar-refractivity contribution is 5.51. The van der Waals surface area contributed by atoms with Crippen molar-refractivity contribution in [2.24, 2.45) is 5.92 Å². The fourth-order valence-electron chi connectivity index (χ4n) is 3.67. The molecule has 3 aromatic rings. The van der Waals surface area contributed by atoms with E-state index < -0.39 is 0 Å². The molecule has 0 atom stereocenters. The summed E-state index contributed by atoms with van der Waals surface area (Å²) in [5.41, 5.74) is 2.44. The van der Waals surface area contributed by atoms with Crippen molar-refractivity contribution in [2.75, 3.05) is 19.6 Å². The van der Waals surface area contributed by atoms with Gasteiger partial charge in [0.1, 0.15) is 0 Å². The van der Waals surface area contributed by atoms with Crippen LogP contribution in [-0.2, 0) is 12.8 Å². The Balaban J connectivity index is 1.23. The molecule has 2 aromatic carbocycles. The molecule has 4 rings (SSSR count). The van der Waals surface area contributed by atoms with E-state index in [2.05, 4.69) is 45.4 Å². The first-order valence-electron chi connectivity index (χ1n) is 9.51. The van der Waals surface area contributed by atoms with Gasteiger partial charge in [0.2, 0.25) is 11.8 Å². The standard InChI is InChI=1S/C22H25N3O/c1-3-7-18(8-4-1)17-19-11-14-25(15-12-19)16-13-21-23-24-22(26-21)20-9-5-2-6-10-20/h1-10,19H,11-17H2. The molecule has 1 aliphatic rings. The molecular weight excluding hydrogens is 322 g/mol. The van der Waals surface area contributed by atoms with Crippen LogP contribution < -0.4 is 0 Å². The van der Waals surface area contributed by atoms with Gasteiger partial charge < -0.3 is 9.32 Å². The maximum atomic E-state index is 5.81. The number of hydrogen-bond donors (Lipinski definition) is 0. The molecular formula is C22H25N3O. The van der Waals surface area contributed by atoms with Crippen molar-refractivity contribution in [3.05, 3.63) is 72.1 Å². The van der Waals surface area contributed by atoms with E-state index in [0.29, 0.717) is 5.89 Å². The highest BCUT2D eigenvalue weighted by Crippen LogP contribution is 2.22. The Bertz CT molecular complexity index is 793. The van der Waals surface area contributed by atoms with E-state index in [1.807, 2.05) is 30.3 Å². The predicted molar refractivity (Wildman–Crippen MR) is 103 cm³/mol.